The molecular formula is C19H15BrO6. The molecule has 134 valence electrons. The van der Waals surface area contributed by atoms with E-state index >= 15 is 0 Å². The summed E-state index contributed by atoms with van der Waals surface area (Å²) in [6.07, 6.45) is 0. The number of halogens is 1. The zero-order valence-electron chi connectivity index (χ0n) is 14.1. The lowest BCUT2D eigenvalue weighted by molar-refractivity contribution is 0.0600. The Kier molecular flexibility index (Phi) is 4.99. The summed E-state index contributed by atoms with van der Waals surface area (Å²) in [6, 6.07) is 7.97. The Morgan fingerprint density at radius 3 is 2.50 bits per heavy atom. The van der Waals surface area contributed by atoms with Crippen LogP contribution in [0.5, 0.6) is 17.2 Å². The van der Waals surface area contributed by atoms with Crippen molar-refractivity contribution in [1.29, 1.82) is 0 Å². The normalized spacial score (nSPS) is 11.8. The van der Waals surface area contributed by atoms with E-state index in [1.807, 2.05) is 0 Å². The van der Waals surface area contributed by atoms with Crippen molar-refractivity contribution in [2.75, 3.05) is 21.0 Å². The number of methoxy groups -OCH3 is 2. The Balaban J connectivity index is 2.01. The maximum Gasteiger partial charge on any atom is 0.338 e. The number of esters is 1. The summed E-state index contributed by atoms with van der Waals surface area (Å²) in [6.45, 7) is 4.02. The van der Waals surface area contributed by atoms with Gasteiger partial charge < -0.3 is 18.9 Å². The van der Waals surface area contributed by atoms with Crippen LogP contribution in [-0.4, -0.2) is 32.8 Å². The number of fused-ring (bicyclic) bond motifs is 1. The number of rotatable bonds is 5. The van der Waals surface area contributed by atoms with Crippen molar-refractivity contribution in [1.82, 2.24) is 0 Å². The average Bonchev–Trinajstić information content (AvgIpc) is 3.14. The highest BCUT2D eigenvalue weighted by Crippen LogP contribution is 2.37. The van der Waals surface area contributed by atoms with E-state index in [2.05, 4.69) is 22.5 Å². The van der Waals surface area contributed by atoms with Gasteiger partial charge in [-0.1, -0.05) is 6.58 Å². The van der Waals surface area contributed by atoms with Gasteiger partial charge in [0.05, 0.1) is 24.3 Å². The number of hydrogen-bond acceptors (Lipinski definition) is 6. The molecule has 3 rings (SSSR count). The van der Waals surface area contributed by atoms with Crippen LogP contribution in [0.1, 0.15) is 26.3 Å². The van der Waals surface area contributed by atoms with Crippen molar-refractivity contribution < 1.29 is 28.5 Å². The van der Waals surface area contributed by atoms with Crippen molar-refractivity contribution >= 4 is 33.3 Å². The van der Waals surface area contributed by atoms with Gasteiger partial charge in [-0.15, -0.1) is 0 Å². The monoisotopic (exact) mass is 418 g/mol. The molecule has 1 heterocycles. The lowest BCUT2D eigenvalue weighted by Gasteiger charge is -2.13. The smallest absolute Gasteiger partial charge is 0.338 e. The van der Waals surface area contributed by atoms with E-state index in [-0.39, 0.29) is 23.7 Å². The van der Waals surface area contributed by atoms with Gasteiger partial charge in [-0.2, -0.15) is 0 Å². The molecule has 0 bridgehead atoms. The second-order valence-corrected chi connectivity index (χ2v) is 6.20. The topological polar surface area (TPSA) is 71.1 Å². The van der Waals surface area contributed by atoms with Crippen LogP contribution in [-0.2, 0) is 4.74 Å². The number of carbonyl (C=O) groups is 2. The molecule has 6 nitrogen and oxygen atoms in total. The first kappa shape index (κ1) is 18.0. The van der Waals surface area contributed by atoms with Crippen LogP contribution >= 0.6 is 15.9 Å². The van der Waals surface area contributed by atoms with Crippen LogP contribution in [0.15, 0.2) is 41.4 Å². The predicted octanol–water partition coefficient (Wildman–Crippen LogP) is 3.87. The van der Waals surface area contributed by atoms with Gasteiger partial charge in [-0.3, -0.25) is 4.79 Å². The van der Waals surface area contributed by atoms with Crippen LogP contribution in [0, 0.1) is 0 Å². The number of ether oxygens (including phenoxy) is 4. The summed E-state index contributed by atoms with van der Waals surface area (Å²) in [5.74, 6) is 0.627. The van der Waals surface area contributed by atoms with Gasteiger partial charge in [0.1, 0.15) is 5.75 Å². The highest BCUT2D eigenvalue weighted by atomic mass is 79.9. The fourth-order valence-electron chi connectivity index (χ4n) is 2.54. The molecule has 0 spiro atoms. The third kappa shape index (κ3) is 3.17. The molecule has 7 heteroatoms. The van der Waals surface area contributed by atoms with Crippen LogP contribution < -0.4 is 14.2 Å². The molecule has 0 saturated heterocycles. The highest BCUT2D eigenvalue weighted by Gasteiger charge is 2.22. The third-order valence-corrected chi connectivity index (χ3v) is 4.73. The second kappa shape index (κ2) is 7.21. The van der Waals surface area contributed by atoms with Gasteiger partial charge in [0.2, 0.25) is 6.79 Å². The summed E-state index contributed by atoms with van der Waals surface area (Å²) in [5.41, 5.74) is 1.28. The van der Waals surface area contributed by atoms with E-state index in [1.54, 1.807) is 18.2 Å². The first-order valence-electron chi connectivity index (χ1n) is 7.55. The maximum absolute atomic E-state index is 12.9. The minimum absolute atomic E-state index is 0.123. The Labute approximate surface area is 158 Å². The first-order chi connectivity index (χ1) is 12.5. The van der Waals surface area contributed by atoms with Crippen LogP contribution in [0.2, 0.25) is 0 Å². The largest absolute Gasteiger partial charge is 0.496 e. The minimum Gasteiger partial charge on any atom is -0.496 e. The zero-order valence-corrected chi connectivity index (χ0v) is 15.7. The highest BCUT2D eigenvalue weighted by molar-refractivity contribution is 9.10. The van der Waals surface area contributed by atoms with E-state index in [9.17, 15) is 9.59 Å². The summed E-state index contributed by atoms with van der Waals surface area (Å²) in [4.78, 5) is 24.8. The number of carbonyl (C=O) groups excluding carboxylic acids is 2. The summed E-state index contributed by atoms with van der Waals surface area (Å²) in [7, 11) is 2.75. The molecule has 0 N–H and O–H groups in total. The molecule has 0 aromatic heterocycles. The molecule has 1 aliphatic rings. The summed E-state index contributed by atoms with van der Waals surface area (Å²) >= 11 is 3.40. The lowest BCUT2D eigenvalue weighted by atomic mass is 9.96. The SMILES string of the molecule is C=C(C(=O)c1ccc2c(c1)OCO2)c1cc(C(=O)OC)cc(OC)c1Br. The molecule has 0 unspecified atom stereocenters. The van der Waals surface area contributed by atoms with Gasteiger partial charge in [-0.25, -0.2) is 4.79 Å². The molecule has 0 aliphatic carbocycles. The standard InChI is InChI=1S/C19H15BrO6/c1-10(18(21)11-4-5-14-15(7-11)26-9-25-14)13-6-12(19(22)24-3)8-16(23-2)17(13)20/h4-8H,1,9H2,2-3H3. The maximum atomic E-state index is 12.9. The van der Waals surface area contributed by atoms with Gasteiger partial charge in [0, 0.05) is 16.7 Å². The van der Waals surface area contributed by atoms with Crippen LogP contribution in [0.3, 0.4) is 0 Å². The average molecular weight is 419 g/mol. The van der Waals surface area contributed by atoms with Crippen LogP contribution in [0.4, 0.5) is 0 Å². The van der Waals surface area contributed by atoms with Gasteiger partial charge in [0.25, 0.3) is 0 Å². The zero-order chi connectivity index (χ0) is 18.8. The number of benzene rings is 2. The van der Waals surface area contributed by atoms with E-state index < -0.39 is 5.97 Å². The lowest BCUT2D eigenvalue weighted by Crippen LogP contribution is -2.07. The van der Waals surface area contributed by atoms with Crippen molar-refractivity contribution in [3.8, 4) is 17.2 Å². The molecule has 26 heavy (non-hydrogen) atoms. The van der Waals surface area contributed by atoms with Crippen molar-refractivity contribution in [3.05, 3.63) is 58.1 Å². The minimum atomic E-state index is -0.541. The molecule has 0 fully saturated rings. The Bertz CT molecular complexity index is 918. The molecule has 0 atom stereocenters. The van der Waals surface area contributed by atoms with E-state index in [4.69, 9.17) is 18.9 Å². The Morgan fingerprint density at radius 1 is 1.08 bits per heavy atom. The molecule has 0 saturated carbocycles. The van der Waals surface area contributed by atoms with Crippen LogP contribution in [0.25, 0.3) is 5.57 Å². The molecule has 0 amide bonds. The quantitative estimate of drug-likeness (QED) is 0.416. The summed E-state index contributed by atoms with van der Waals surface area (Å²) < 4.78 is 21.1. The Hall–Kier alpha value is -2.80. The van der Waals surface area contributed by atoms with Crippen molar-refractivity contribution in [2.45, 2.75) is 0 Å². The molecular weight excluding hydrogens is 404 g/mol. The van der Waals surface area contributed by atoms with Crippen molar-refractivity contribution in [3.63, 3.8) is 0 Å². The number of ketones is 1. The number of Topliss-reactive ketones (excluding diaryl/α,β-unsaturated/α-hetero) is 1. The number of hydrogen-bond donors (Lipinski definition) is 0. The van der Waals surface area contributed by atoms with Gasteiger partial charge in [0.15, 0.2) is 17.3 Å². The predicted molar refractivity (Wildman–Crippen MR) is 98.0 cm³/mol. The van der Waals surface area contributed by atoms with E-state index in [0.29, 0.717) is 32.8 Å². The fraction of sp³-hybridized carbons (Fsp3) is 0.158. The van der Waals surface area contributed by atoms with E-state index in [1.165, 1.54) is 26.4 Å². The number of allylic oxidation sites excluding steroid dienone is 1. The first-order valence-corrected chi connectivity index (χ1v) is 8.35. The second-order valence-electron chi connectivity index (χ2n) is 5.41. The molecule has 1 aliphatic heterocycles. The van der Waals surface area contributed by atoms with Gasteiger partial charge >= 0.3 is 5.97 Å². The molecule has 2 aromatic rings. The van der Waals surface area contributed by atoms with E-state index in [0.717, 1.165) is 0 Å². The van der Waals surface area contributed by atoms with Gasteiger partial charge in [-0.05, 0) is 46.3 Å². The summed E-state index contributed by atoms with van der Waals surface area (Å²) in [5, 5.41) is 0. The molecule has 0 radical (unpaired) electrons. The molecule has 2 aromatic carbocycles. The third-order valence-electron chi connectivity index (χ3n) is 3.91. The van der Waals surface area contributed by atoms with Crippen molar-refractivity contribution in [2.24, 2.45) is 0 Å². The Morgan fingerprint density at radius 2 is 1.81 bits per heavy atom. The fourth-order valence-corrected chi connectivity index (χ4v) is 3.17.